The monoisotopic (exact) mass is 471 g/mol. The van der Waals surface area contributed by atoms with Crippen LogP contribution >= 0.6 is 11.8 Å². The van der Waals surface area contributed by atoms with Crippen LogP contribution in [0, 0.1) is 6.92 Å². The maximum atomic E-state index is 13.2. The molecule has 0 aliphatic rings. The molecule has 3 aromatic carbocycles. The Kier molecular flexibility index (Phi) is 7.65. The van der Waals surface area contributed by atoms with E-state index in [0.717, 1.165) is 28.0 Å². The van der Waals surface area contributed by atoms with Crippen LogP contribution in [0.25, 0.3) is 0 Å². The lowest BCUT2D eigenvalue weighted by Crippen LogP contribution is -2.38. The Morgan fingerprint density at radius 1 is 0.912 bits per heavy atom. The molecule has 0 fully saturated rings. The predicted molar refractivity (Wildman–Crippen MR) is 140 cm³/mol. The molecule has 0 atom stereocenters. The number of anilines is 3. The molecule has 7 heteroatoms. The van der Waals surface area contributed by atoms with Crippen molar-refractivity contribution >= 4 is 34.7 Å². The largest absolute Gasteiger partial charge is 0.356 e. The lowest BCUT2D eigenvalue weighted by atomic mass is 10.2. The van der Waals surface area contributed by atoms with Crippen molar-refractivity contribution in [3.63, 3.8) is 0 Å². The number of amides is 1. The summed E-state index contributed by atoms with van der Waals surface area (Å²) in [6.07, 6.45) is 0. The summed E-state index contributed by atoms with van der Waals surface area (Å²) in [6.45, 7) is 6.68. The van der Waals surface area contributed by atoms with Gasteiger partial charge in [-0.15, -0.1) is 10.2 Å². The summed E-state index contributed by atoms with van der Waals surface area (Å²) >= 11 is 1.43. The SMILES string of the molecule is Cc1nnc(SCC(=O)N(c2ccc(Nc3ccccc3)cc2)C(C)C)n1Cc1ccccc1. The Morgan fingerprint density at radius 3 is 2.18 bits per heavy atom. The second-order valence-electron chi connectivity index (χ2n) is 8.29. The molecule has 1 amide bonds. The molecule has 0 bridgehead atoms. The number of hydrogen-bond donors (Lipinski definition) is 1. The summed E-state index contributed by atoms with van der Waals surface area (Å²) in [5.74, 6) is 1.16. The molecule has 0 radical (unpaired) electrons. The van der Waals surface area contributed by atoms with Crippen LogP contribution in [0.4, 0.5) is 17.1 Å². The Morgan fingerprint density at radius 2 is 1.53 bits per heavy atom. The highest BCUT2D eigenvalue weighted by molar-refractivity contribution is 7.99. The molecule has 1 N–H and O–H groups in total. The quantitative estimate of drug-likeness (QED) is 0.307. The number of para-hydroxylation sites is 1. The number of thioether (sulfide) groups is 1. The van der Waals surface area contributed by atoms with Crippen molar-refractivity contribution < 1.29 is 4.79 Å². The van der Waals surface area contributed by atoms with Gasteiger partial charge in [0.25, 0.3) is 0 Å². The third-order valence-electron chi connectivity index (χ3n) is 5.40. The predicted octanol–water partition coefficient (Wildman–Crippen LogP) is 5.91. The molecule has 6 nitrogen and oxygen atoms in total. The number of nitrogens with zero attached hydrogens (tertiary/aromatic N) is 4. The van der Waals surface area contributed by atoms with Crippen molar-refractivity contribution in [1.82, 2.24) is 14.8 Å². The van der Waals surface area contributed by atoms with Crippen molar-refractivity contribution in [3.05, 3.63) is 96.3 Å². The molecule has 0 aliphatic heterocycles. The van der Waals surface area contributed by atoms with Gasteiger partial charge in [-0.25, -0.2) is 0 Å². The fraction of sp³-hybridized carbons (Fsp3) is 0.222. The average molecular weight is 472 g/mol. The third kappa shape index (κ3) is 5.85. The highest BCUT2D eigenvalue weighted by Crippen LogP contribution is 2.25. The van der Waals surface area contributed by atoms with Crippen LogP contribution in [-0.2, 0) is 11.3 Å². The van der Waals surface area contributed by atoms with Crippen LogP contribution in [0.2, 0.25) is 0 Å². The van der Waals surface area contributed by atoms with Crippen LogP contribution in [0.5, 0.6) is 0 Å². The smallest absolute Gasteiger partial charge is 0.237 e. The summed E-state index contributed by atoms with van der Waals surface area (Å²) in [4.78, 5) is 15.1. The Balaban J connectivity index is 1.43. The van der Waals surface area contributed by atoms with E-state index in [1.165, 1.54) is 17.3 Å². The van der Waals surface area contributed by atoms with Crippen LogP contribution < -0.4 is 10.2 Å². The number of carbonyl (C=O) groups excluding carboxylic acids is 1. The van der Waals surface area contributed by atoms with E-state index < -0.39 is 0 Å². The van der Waals surface area contributed by atoms with Crippen LogP contribution in [0.3, 0.4) is 0 Å². The van der Waals surface area contributed by atoms with E-state index in [0.29, 0.717) is 6.54 Å². The Hall–Kier alpha value is -3.58. The third-order valence-corrected chi connectivity index (χ3v) is 6.35. The van der Waals surface area contributed by atoms with Gasteiger partial charge in [0.2, 0.25) is 5.91 Å². The second kappa shape index (κ2) is 11.0. The van der Waals surface area contributed by atoms with Crippen molar-refractivity contribution in [1.29, 1.82) is 0 Å². The van der Waals surface area contributed by atoms with Gasteiger partial charge in [-0.2, -0.15) is 0 Å². The molecule has 4 rings (SSSR count). The number of hydrogen-bond acceptors (Lipinski definition) is 5. The summed E-state index contributed by atoms with van der Waals surface area (Å²) in [5, 5.41) is 12.7. The summed E-state index contributed by atoms with van der Waals surface area (Å²) in [5.41, 5.74) is 4.05. The average Bonchev–Trinajstić information content (AvgIpc) is 3.19. The molecule has 0 spiro atoms. The number of carbonyl (C=O) groups is 1. The maximum Gasteiger partial charge on any atom is 0.237 e. The summed E-state index contributed by atoms with van der Waals surface area (Å²) in [6, 6.07) is 28.2. The van der Waals surface area contributed by atoms with Crippen LogP contribution in [-0.4, -0.2) is 32.5 Å². The van der Waals surface area contributed by atoms with Gasteiger partial charge in [-0.3, -0.25) is 4.79 Å². The van der Waals surface area contributed by atoms with E-state index in [9.17, 15) is 4.79 Å². The zero-order valence-electron chi connectivity index (χ0n) is 19.7. The minimum atomic E-state index is 0.0324. The zero-order valence-corrected chi connectivity index (χ0v) is 20.5. The highest BCUT2D eigenvalue weighted by Gasteiger charge is 2.21. The first kappa shape index (κ1) is 23.6. The standard InChI is InChI=1S/C27H29N5OS/c1-20(2)32(25-16-14-24(15-17-25)28-23-12-8-5-9-13-23)26(33)19-34-27-30-29-21(3)31(27)18-22-10-6-4-7-11-22/h4-17,20,28H,18-19H2,1-3H3. The highest BCUT2D eigenvalue weighted by atomic mass is 32.2. The van der Waals surface area contributed by atoms with Gasteiger partial charge in [0, 0.05) is 23.1 Å². The fourth-order valence-electron chi connectivity index (χ4n) is 3.74. The zero-order chi connectivity index (χ0) is 23.9. The minimum absolute atomic E-state index is 0.0324. The first-order valence-electron chi connectivity index (χ1n) is 11.3. The lowest BCUT2D eigenvalue weighted by Gasteiger charge is -2.27. The van der Waals surface area contributed by atoms with Gasteiger partial charge >= 0.3 is 0 Å². The number of nitrogens with one attached hydrogen (secondary N) is 1. The number of aromatic nitrogens is 3. The lowest BCUT2D eigenvalue weighted by molar-refractivity contribution is -0.116. The molecule has 34 heavy (non-hydrogen) atoms. The van der Waals surface area contributed by atoms with Crippen molar-refractivity contribution in [2.45, 2.75) is 38.5 Å². The van der Waals surface area contributed by atoms with Gasteiger partial charge in [0.1, 0.15) is 5.82 Å². The van der Waals surface area contributed by atoms with E-state index in [4.69, 9.17) is 0 Å². The summed E-state index contributed by atoms with van der Waals surface area (Å²) < 4.78 is 2.05. The molecule has 1 heterocycles. The summed E-state index contributed by atoms with van der Waals surface area (Å²) in [7, 11) is 0. The molecule has 0 aliphatic carbocycles. The topological polar surface area (TPSA) is 63.1 Å². The number of benzene rings is 3. The second-order valence-corrected chi connectivity index (χ2v) is 9.23. The molecule has 1 aromatic heterocycles. The minimum Gasteiger partial charge on any atom is -0.356 e. The van der Waals surface area contributed by atoms with Gasteiger partial charge < -0.3 is 14.8 Å². The molecule has 0 saturated carbocycles. The van der Waals surface area contributed by atoms with Crippen molar-refractivity contribution in [2.75, 3.05) is 16.0 Å². The fourth-order valence-corrected chi connectivity index (χ4v) is 4.58. The van der Waals surface area contributed by atoms with Crippen molar-refractivity contribution in [2.24, 2.45) is 0 Å². The van der Waals surface area contributed by atoms with Gasteiger partial charge in [-0.05, 0) is 62.7 Å². The Labute approximate surface area is 205 Å². The number of aryl methyl sites for hydroxylation is 1. The molecule has 0 unspecified atom stereocenters. The van der Waals surface area contributed by atoms with Crippen LogP contribution in [0.15, 0.2) is 90.1 Å². The van der Waals surface area contributed by atoms with E-state index in [2.05, 4.69) is 32.2 Å². The molecular formula is C27H29N5OS. The van der Waals surface area contributed by atoms with Crippen molar-refractivity contribution in [3.8, 4) is 0 Å². The van der Waals surface area contributed by atoms with Gasteiger partial charge in [-0.1, -0.05) is 60.3 Å². The molecule has 174 valence electrons. The molecule has 4 aromatic rings. The van der Waals surface area contributed by atoms with E-state index in [1.54, 1.807) is 0 Å². The van der Waals surface area contributed by atoms with Gasteiger partial charge in [0.15, 0.2) is 5.16 Å². The molecule has 0 saturated heterocycles. The first-order chi connectivity index (χ1) is 16.5. The van der Waals surface area contributed by atoms with E-state index >= 15 is 0 Å². The molecular weight excluding hydrogens is 442 g/mol. The van der Waals surface area contributed by atoms with Gasteiger partial charge in [0.05, 0.1) is 12.3 Å². The number of rotatable bonds is 9. The Bertz CT molecular complexity index is 1210. The first-order valence-corrected chi connectivity index (χ1v) is 12.3. The normalized spacial score (nSPS) is 10.9. The van der Waals surface area contributed by atoms with Crippen LogP contribution in [0.1, 0.15) is 25.2 Å². The van der Waals surface area contributed by atoms with E-state index in [1.807, 2.05) is 98.5 Å². The maximum absolute atomic E-state index is 13.2. The van der Waals surface area contributed by atoms with E-state index in [-0.39, 0.29) is 17.7 Å².